The van der Waals surface area contributed by atoms with Gasteiger partial charge in [-0.15, -0.1) is 0 Å². The maximum Gasteiger partial charge on any atom is 0.239 e. The van der Waals surface area contributed by atoms with Gasteiger partial charge in [-0.1, -0.05) is 47.0 Å². The lowest BCUT2D eigenvalue weighted by Gasteiger charge is -2.32. The van der Waals surface area contributed by atoms with Crippen LogP contribution in [0.25, 0.3) is 0 Å². The number of nitrogens with two attached hydrogens (primary N) is 1. The number of ether oxygens (including phenoxy) is 1. The third-order valence-corrected chi connectivity index (χ3v) is 7.28. The van der Waals surface area contributed by atoms with Gasteiger partial charge in [0.25, 0.3) is 0 Å². The Labute approximate surface area is 202 Å². The van der Waals surface area contributed by atoms with Crippen LogP contribution in [0.2, 0.25) is 0 Å². The molecule has 0 aromatic heterocycles. The molecule has 0 spiro atoms. The van der Waals surface area contributed by atoms with Crippen molar-refractivity contribution in [2.45, 2.75) is 91.1 Å². The van der Waals surface area contributed by atoms with Crippen LogP contribution in [0.15, 0.2) is 24.3 Å². The first-order valence-electron chi connectivity index (χ1n) is 13.4. The van der Waals surface area contributed by atoms with Crippen LogP contribution in [-0.4, -0.2) is 49.1 Å². The van der Waals surface area contributed by atoms with Gasteiger partial charge < -0.3 is 20.3 Å². The molecule has 1 saturated heterocycles. The molecule has 2 fully saturated rings. The van der Waals surface area contributed by atoms with Crippen LogP contribution in [0.5, 0.6) is 5.75 Å². The van der Waals surface area contributed by atoms with E-state index < -0.39 is 0 Å². The van der Waals surface area contributed by atoms with Gasteiger partial charge in [-0.3, -0.25) is 4.79 Å². The number of rotatable bonds is 11. The molecule has 1 aromatic carbocycles. The Morgan fingerprint density at radius 2 is 1.76 bits per heavy atom. The first kappa shape index (κ1) is 25.9. The number of benzene rings is 1. The Hall–Kier alpha value is -1.75. The van der Waals surface area contributed by atoms with E-state index in [4.69, 9.17) is 10.5 Å². The number of anilines is 1. The fourth-order valence-electron chi connectivity index (χ4n) is 5.26. The van der Waals surface area contributed by atoms with Crippen molar-refractivity contribution in [1.29, 1.82) is 0 Å². The van der Waals surface area contributed by atoms with Crippen molar-refractivity contribution in [2.75, 3.05) is 31.1 Å². The highest BCUT2D eigenvalue weighted by atomic mass is 16.5. The van der Waals surface area contributed by atoms with E-state index in [0.29, 0.717) is 23.8 Å². The van der Waals surface area contributed by atoms with Gasteiger partial charge >= 0.3 is 0 Å². The predicted octanol–water partition coefficient (Wildman–Crippen LogP) is 5.47. The zero-order chi connectivity index (χ0) is 23.8. The van der Waals surface area contributed by atoms with Gasteiger partial charge in [-0.05, 0) is 74.1 Å². The molecule has 5 nitrogen and oxygen atoms in total. The molecule has 1 aromatic rings. The minimum absolute atomic E-state index is 0.112. The summed E-state index contributed by atoms with van der Waals surface area (Å²) >= 11 is 0. The lowest BCUT2D eigenvalue weighted by molar-refractivity contribution is -0.131. The molecule has 5 heteroatoms. The van der Waals surface area contributed by atoms with E-state index in [1.165, 1.54) is 37.8 Å². The van der Waals surface area contributed by atoms with Crippen LogP contribution in [0.1, 0.15) is 79.1 Å². The molecule has 1 saturated carbocycles. The first-order chi connectivity index (χ1) is 15.8. The van der Waals surface area contributed by atoms with E-state index in [-0.39, 0.29) is 11.9 Å². The van der Waals surface area contributed by atoms with Gasteiger partial charge in [-0.25, -0.2) is 0 Å². The Bertz CT molecular complexity index is 712. The summed E-state index contributed by atoms with van der Waals surface area (Å²) in [5.41, 5.74) is 7.44. The second-order valence-corrected chi connectivity index (χ2v) is 11.1. The van der Waals surface area contributed by atoms with E-state index in [2.05, 4.69) is 56.9 Å². The number of likely N-dealkylation sites (tertiary alicyclic amines) is 1. The number of nitrogens with zero attached hydrogens (tertiary/aromatic N) is 2. The van der Waals surface area contributed by atoms with Crippen LogP contribution < -0.4 is 15.4 Å². The summed E-state index contributed by atoms with van der Waals surface area (Å²) < 4.78 is 6.13. The van der Waals surface area contributed by atoms with Crippen molar-refractivity contribution >= 4 is 11.6 Å². The lowest BCUT2D eigenvalue weighted by atomic mass is 9.90. The molecule has 0 radical (unpaired) electrons. The summed E-state index contributed by atoms with van der Waals surface area (Å²) in [7, 11) is 0. The van der Waals surface area contributed by atoms with Crippen LogP contribution in [0, 0.1) is 17.8 Å². The van der Waals surface area contributed by atoms with E-state index in [9.17, 15) is 4.79 Å². The van der Waals surface area contributed by atoms with E-state index >= 15 is 0 Å². The summed E-state index contributed by atoms with van der Waals surface area (Å²) in [4.78, 5) is 17.4. The van der Waals surface area contributed by atoms with Gasteiger partial charge in [-0.2, -0.15) is 0 Å². The van der Waals surface area contributed by atoms with Gasteiger partial charge in [0.05, 0.1) is 12.6 Å². The topological polar surface area (TPSA) is 58.8 Å². The number of carbonyl (C=O) groups is 1. The van der Waals surface area contributed by atoms with Crippen molar-refractivity contribution in [3.05, 3.63) is 24.3 Å². The number of amides is 1. The van der Waals surface area contributed by atoms with Crippen molar-refractivity contribution in [3.63, 3.8) is 0 Å². The third kappa shape index (κ3) is 7.91. The molecule has 1 unspecified atom stereocenters. The highest BCUT2D eigenvalue weighted by Gasteiger charge is 2.33. The molecule has 1 heterocycles. The van der Waals surface area contributed by atoms with Crippen LogP contribution >= 0.6 is 0 Å². The monoisotopic (exact) mass is 457 g/mol. The summed E-state index contributed by atoms with van der Waals surface area (Å²) in [6, 6.07) is 8.60. The predicted molar refractivity (Wildman–Crippen MR) is 138 cm³/mol. The van der Waals surface area contributed by atoms with Gasteiger partial charge in [0.15, 0.2) is 0 Å². The zero-order valence-electron chi connectivity index (χ0n) is 21.5. The Kier molecular flexibility index (Phi) is 9.91. The lowest BCUT2D eigenvalue weighted by Crippen LogP contribution is -2.45. The average molecular weight is 458 g/mol. The van der Waals surface area contributed by atoms with Crippen LogP contribution in [0.4, 0.5) is 5.69 Å². The van der Waals surface area contributed by atoms with Crippen molar-refractivity contribution in [1.82, 2.24) is 4.90 Å². The second kappa shape index (κ2) is 12.6. The van der Waals surface area contributed by atoms with Crippen LogP contribution in [-0.2, 0) is 4.79 Å². The molecular weight excluding hydrogens is 410 g/mol. The second-order valence-electron chi connectivity index (χ2n) is 11.1. The Balaban J connectivity index is 1.61. The number of carbonyl (C=O) groups excluding carboxylic acids is 1. The largest absolute Gasteiger partial charge is 0.493 e. The zero-order valence-corrected chi connectivity index (χ0v) is 21.5. The summed E-state index contributed by atoms with van der Waals surface area (Å²) in [5, 5.41) is 0. The molecular formula is C28H47N3O2. The molecule has 2 N–H and O–H groups in total. The van der Waals surface area contributed by atoms with Crippen molar-refractivity contribution in [2.24, 2.45) is 23.5 Å². The van der Waals surface area contributed by atoms with Crippen molar-refractivity contribution in [3.8, 4) is 5.75 Å². The van der Waals surface area contributed by atoms with Crippen molar-refractivity contribution < 1.29 is 9.53 Å². The molecule has 1 aliphatic carbocycles. The summed E-state index contributed by atoms with van der Waals surface area (Å²) in [5.74, 6) is 2.87. The quantitative estimate of drug-likeness (QED) is 0.478. The molecule has 2 atom stereocenters. The van der Waals surface area contributed by atoms with E-state index in [0.717, 1.165) is 51.3 Å². The average Bonchev–Trinajstić information content (AvgIpc) is 3.28. The number of hydrogen-bond acceptors (Lipinski definition) is 4. The minimum atomic E-state index is -0.381. The molecule has 2 aliphatic rings. The highest BCUT2D eigenvalue weighted by Crippen LogP contribution is 2.28. The fraction of sp³-hybridized carbons (Fsp3) is 0.750. The molecule has 1 amide bonds. The number of hydrogen-bond donors (Lipinski definition) is 1. The van der Waals surface area contributed by atoms with Gasteiger partial charge in [0.2, 0.25) is 5.91 Å². The smallest absolute Gasteiger partial charge is 0.239 e. The summed E-state index contributed by atoms with van der Waals surface area (Å²) in [6.07, 6.45) is 9.57. The Morgan fingerprint density at radius 1 is 1.06 bits per heavy atom. The molecule has 0 bridgehead atoms. The third-order valence-electron chi connectivity index (χ3n) is 7.28. The van der Waals surface area contributed by atoms with Gasteiger partial charge in [0, 0.05) is 31.4 Å². The van der Waals surface area contributed by atoms with Crippen LogP contribution in [0.3, 0.4) is 0 Å². The SMILES string of the molecule is CC(C)CCN(c1ccc(OCC2CCCCC2)cc1)C1CCN(C(=O)[C@@H](N)CC(C)C)C1. The maximum absolute atomic E-state index is 12.9. The standard InChI is InChI=1S/C28H47N3O2/c1-21(2)14-17-31(25-15-16-30(19-25)28(32)27(29)18-22(3)4)24-10-12-26(13-11-24)33-20-23-8-6-5-7-9-23/h10-13,21-23,25,27H,5-9,14-20,29H2,1-4H3/t25?,27-/m0/s1. The van der Waals surface area contributed by atoms with Gasteiger partial charge in [0.1, 0.15) is 5.75 Å². The van der Waals surface area contributed by atoms with E-state index in [1.807, 2.05) is 4.90 Å². The molecule has 33 heavy (non-hydrogen) atoms. The summed E-state index contributed by atoms with van der Waals surface area (Å²) in [6.45, 7) is 12.2. The molecule has 3 rings (SSSR count). The maximum atomic E-state index is 12.9. The fourth-order valence-corrected chi connectivity index (χ4v) is 5.26. The molecule has 186 valence electrons. The normalized spacial score (nSPS) is 20.5. The highest BCUT2D eigenvalue weighted by molar-refractivity contribution is 5.82. The Morgan fingerprint density at radius 3 is 2.39 bits per heavy atom. The first-order valence-corrected chi connectivity index (χ1v) is 13.4. The van der Waals surface area contributed by atoms with E-state index in [1.54, 1.807) is 0 Å². The minimum Gasteiger partial charge on any atom is -0.493 e. The molecule has 1 aliphatic heterocycles.